The van der Waals surface area contributed by atoms with Gasteiger partial charge in [-0.05, 0) is 43.0 Å². The lowest BCUT2D eigenvalue weighted by Crippen LogP contribution is -2.18. The third-order valence-electron chi connectivity index (χ3n) is 3.61. The molecule has 2 aromatic rings. The summed E-state index contributed by atoms with van der Waals surface area (Å²) in [6, 6.07) is 15.4. The van der Waals surface area contributed by atoms with Crippen molar-refractivity contribution in [1.82, 2.24) is 0 Å². The molecule has 3 heteroatoms. The van der Waals surface area contributed by atoms with Gasteiger partial charge in [0.15, 0.2) is 0 Å². The van der Waals surface area contributed by atoms with Gasteiger partial charge in [-0.2, -0.15) is 0 Å². The summed E-state index contributed by atoms with van der Waals surface area (Å²) in [5.41, 5.74) is 2.11. The summed E-state index contributed by atoms with van der Waals surface area (Å²) in [5, 5.41) is 10.1. The lowest BCUT2D eigenvalue weighted by molar-refractivity contribution is 0.125. The molecule has 1 N–H and O–H groups in total. The second-order valence-electron chi connectivity index (χ2n) is 5.70. The van der Waals surface area contributed by atoms with Crippen molar-refractivity contribution in [3.05, 3.63) is 59.7 Å². The number of hydrogen-bond acceptors (Lipinski definition) is 2. The molecule has 0 aliphatic rings. The second-order valence-corrected chi connectivity index (χ2v) is 7.15. The molecule has 0 aliphatic carbocycles. The first kappa shape index (κ1) is 15.9. The number of aliphatic hydroxyl groups excluding tert-OH is 1. The Morgan fingerprint density at radius 2 is 1.67 bits per heavy atom. The van der Waals surface area contributed by atoms with Crippen molar-refractivity contribution in [3.63, 3.8) is 0 Å². The Bertz CT molecular complexity index is 617. The van der Waals surface area contributed by atoms with Gasteiger partial charge in [0, 0.05) is 9.79 Å². The van der Waals surface area contributed by atoms with Crippen LogP contribution in [0.2, 0.25) is 0 Å². The van der Waals surface area contributed by atoms with Gasteiger partial charge in [-0.15, -0.1) is 0 Å². The van der Waals surface area contributed by atoms with Crippen molar-refractivity contribution in [2.45, 2.75) is 43.1 Å². The third kappa shape index (κ3) is 4.02. The molecule has 0 radical (unpaired) electrons. The van der Waals surface area contributed by atoms with Crippen LogP contribution in [0.15, 0.2) is 58.3 Å². The highest BCUT2D eigenvalue weighted by Crippen LogP contribution is 2.23. The van der Waals surface area contributed by atoms with Gasteiger partial charge in [0.25, 0.3) is 0 Å². The van der Waals surface area contributed by atoms with Crippen LogP contribution in [0.25, 0.3) is 0 Å². The fourth-order valence-corrected chi connectivity index (χ4v) is 3.33. The van der Waals surface area contributed by atoms with E-state index in [2.05, 4.69) is 0 Å². The molecule has 2 atom stereocenters. The van der Waals surface area contributed by atoms with Crippen molar-refractivity contribution in [1.29, 1.82) is 0 Å². The molecule has 21 heavy (non-hydrogen) atoms. The molecule has 0 heterocycles. The summed E-state index contributed by atoms with van der Waals surface area (Å²) in [4.78, 5) is 1.59. The minimum atomic E-state index is -1.21. The molecular formula is C18H22O2S. The van der Waals surface area contributed by atoms with E-state index in [0.29, 0.717) is 6.42 Å². The molecule has 0 aromatic heterocycles. The Morgan fingerprint density at radius 3 is 2.29 bits per heavy atom. The van der Waals surface area contributed by atoms with E-state index < -0.39 is 16.9 Å². The van der Waals surface area contributed by atoms with Crippen LogP contribution in [0, 0.1) is 12.8 Å². The monoisotopic (exact) mass is 302 g/mol. The molecular weight excluding hydrogens is 280 g/mol. The highest BCUT2D eigenvalue weighted by Gasteiger charge is 2.16. The van der Waals surface area contributed by atoms with Crippen LogP contribution in [0.1, 0.15) is 25.0 Å². The topological polar surface area (TPSA) is 37.3 Å². The Labute approximate surface area is 129 Å². The summed E-state index contributed by atoms with van der Waals surface area (Å²) in [5.74, 6) is 0.186. The maximum Gasteiger partial charge on any atom is 0.0852 e. The van der Waals surface area contributed by atoms with Crippen molar-refractivity contribution in [2.24, 2.45) is 5.92 Å². The SMILES string of the molecule is Cc1ccc([S@](=O)c2ccccc2C[C@H](O)C(C)C)cc1. The molecule has 2 aromatic carbocycles. The highest BCUT2D eigenvalue weighted by atomic mass is 32.2. The van der Waals surface area contributed by atoms with E-state index in [1.807, 2.05) is 69.3 Å². The largest absolute Gasteiger partial charge is 0.393 e. The standard InChI is InChI=1S/C18H22O2S/c1-13(2)17(19)12-15-6-4-5-7-18(15)21(20)16-10-8-14(3)9-11-16/h4-11,13,17,19H,12H2,1-3H3/t17-,21-/m0/s1. The first-order chi connectivity index (χ1) is 9.99. The van der Waals surface area contributed by atoms with Gasteiger partial charge in [-0.1, -0.05) is 49.7 Å². The predicted molar refractivity (Wildman–Crippen MR) is 86.8 cm³/mol. The van der Waals surface area contributed by atoms with Crippen molar-refractivity contribution in [3.8, 4) is 0 Å². The van der Waals surface area contributed by atoms with E-state index >= 15 is 0 Å². The van der Waals surface area contributed by atoms with Crippen molar-refractivity contribution < 1.29 is 9.32 Å². The minimum absolute atomic E-state index is 0.186. The van der Waals surface area contributed by atoms with Gasteiger partial charge in [0.2, 0.25) is 0 Å². The van der Waals surface area contributed by atoms with Gasteiger partial charge in [-0.3, -0.25) is 0 Å². The van der Waals surface area contributed by atoms with Gasteiger partial charge >= 0.3 is 0 Å². The molecule has 2 rings (SSSR count). The zero-order chi connectivity index (χ0) is 15.4. The Hall–Kier alpha value is -1.45. The van der Waals surface area contributed by atoms with Crippen molar-refractivity contribution >= 4 is 10.8 Å². The molecule has 2 nitrogen and oxygen atoms in total. The maximum atomic E-state index is 12.8. The van der Waals surface area contributed by atoms with Crippen LogP contribution in [0.3, 0.4) is 0 Å². The molecule has 0 amide bonds. The first-order valence-corrected chi connectivity index (χ1v) is 8.38. The second kappa shape index (κ2) is 7.01. The number of benzene rings is 2. The smallest absolute Gasteiger partial charge is 0.0852 e. The Kier molecular flexibility index (Phi) is 5.32. The molecule has 112 valence electrons. The van der Waals surface area contributed by atoms with E-state index in [1.165, 1.54) is 0 Å². The minimum Gasteiger partial charge on any atom is -0.393 e. The first-order valence-electron chi connectivity index (χ1n) is 7.23. The number of rotatable bonds is 5. The molecule has 0 unspecified atom stereocenters. The van der Waals surface area contributed by atoms with E-state index in [1.54, 1.807) is 0 Å². The fourth-order valence-electron chi connectivity index (χ4n) is 2.10. The van der Waals surface area contributed by atoms with E-state index in [9.17, 15) is 9.32 Å². The number of aryl methyl sites for hydroxylation is 1. The lowest BCUT2D eigenvalue weighted by Gasteiger charge is -2.16. The third-order valence-corrected chi connectivity index (χ3v) is 5.10. The highest BCUT2D eigenvalue weighted by molar-refractivity contribution is 7.85. The lowest BCUT2D eigenvalue weighted by atomic mass is 9.99. The Balaban J connectivity index is 2.31. The van der Waals surface area contributed by atoms with Crippen LogP contribution in [-0.2, 0) is 17.2 Å². The summed E-state index contributed by atoms with van der Waals surface area (Å²) in [7, 11) is -1.21. The molecule has 0 fully saturated rings. The van der Waals surface area contributed by atoms with E-state index in [-0.39, 0.29) is 5.92 Å². The molecule has 0 saturated carbocycles. The quantitative estimate of drug-likeness (QED) is 0.914. The fraction of sp³-hybridized carbons (Fsp3) is 0.333. The van der Waals surface area contributed by atoms with Gasteiger partial charge in [0.1, 0.15) is 0 Å². The van der Waals surface area contributed by atoms with Crippen LogP contribution in [0.4, 0.5) is 0 Å². The predicted octanol–water partition coefficient (Wildman–Crippen LogP) is 3.72. The van der Waals surface area contributed by atoms with Gasteiger partial charge in [-0.25, -0.2) is 4.21 Å². The average molecular weight is 302 g/mol. The van der Waals surface area contributed by atoms with Crippen LogP contribution < -0.4 is 0 Å². The number of aliphatic hydroxyl groups is 1. The molecule has 0 saturated heterocycles. The molecule has 0 aliphatic heterocycles. The zero-order valence-electron chi connectivity index (χ0n) is 12.7. The summed E-state index contributed by atoms with van der Waals surface area (Å²) < 4.78 is 12.8. The maximum absolute atomic E-state index is 12.8. The van der Waals surface area contributed by atoms with Crippen molar-refractivity contribution in [2.75, 3.05) is 0 Å². The van der Waals surface area contributed by atoms with E-state index in [0.717, 1.165) is 20.9 Å². The van der Waals surface area contributed by atoms with Gasteiger partial charge < -0.3 is 5.11 Å². The van der Waals surface area contributed by atoms with Crippen LogP contribution in [0.5, 0.6) is 0 Å². The van der Waals surface area contributed by atoms with Gasteiger partial charge in [0.05, 0.1) is 16.9 Å². The molecule has 0 spiro atoms. The number of hydrogen-bond donors (Lipinski definition) is 1. The van der Waals surface area contributed by atoms with Crippen LogP contribution in [-0.4, -0.2) is 15.4 Å². The summed E-state index contributed by atoms with van der Waals surface area (Å²) in [6.07, 6.45) is 0.118. The summed E-state index contributed by atoms with van der Waals surface area (Å²) >= 11 is 0. The average Bonchev–Trinajstić information content (AvgIpc) is 2.47. The molecule has 0 bridgehead atoms. The Morgan fingerprint density at radius 1 is 1.05 bits per heavy atom. The summed E-state index contributed by atoms with van der Waals surface area (Å²) in [6.45, 7) is 5.99. The van der Waals surface area contributed by atoms with Crippen LogP contribution >= 0.6 is 0 Å². The zero-order valence-corrected chi connectivity index (χ0v) is 13.6. The van der Waals surface area contributed by atoms with E-state index in [4.69, 9.17) is 0 Å². The normalized spacial score (nSPS) is 14.1.